The molecule has 2 nitrogen and oxygen atoms in total. The Hall–Kier alpha value is -0.790. The molecule has 1 fully saturated rings. The maximum absolute atomic E-state index is 8.56. The number of rotatable bonds is 0. The van der Waals surface area contributed by atoms with E-state index in [1.807, 2.05) is 0 Å². The van der Waals surface area contributed by atoms with Gasteiger partial charge in [-0.3, -0.25) is 0 Å². The van der Waals surface area contributed by atoms with Crippen LogP contribution in [-0.4, -0.2) is 10.9 Å². The summed E-state index contributed by atoms with van der Waals surface area (Å²) in [4.78, 5) is 0. The van der Waals surface area contributed by atoms with E-state index in [2.05, 4.69) is 11.2 Å². The summed E-state index contributed by atoms with van der Waals surface area (Å²) < 4.78 is 0. The molecule has 1 saturated carbocycles. The van der Waals surface area contributed by atoms with Gasteiger partial charge in [0.2, 0.25) is 0 Å². The van der Waals surface area contributed by atoms with Gasteiger partial charge in [0.1, 0.15) is 0 Å². The van der Waals surface area contributed by atoms with Crippen molar-refractivity contribution in [3.05, 3.63) is 11.6 Å². The molecule has 2 aliphatic carbocycles. The average Bonchev–Trinajstić information content (AvgIpc) is 2.44. The lowest BCUT2D eigenvalue weighted by Gasteiger charge is -1.99. The van der Waals surface area contributed by atoms with Crippen molar-refractivity contribution in [3.63, 3.8) is 0 Å². The number of hydrogen-bond donors (Lipinski definition) is 1. The standard InChI is InChI=1S/C8H11NO/c10-9-8-5-4-6-2-1-3-7(6)8/h3,6,10H,1-2,4-5H2/b9-8+. The third kappa shape index (κ3) is 0.681. The highest BCUT2D eigenvalue weighted by molar-refractivity contribution is 6.02. The second-order valence-corrected chi connectivity index (χ2v) is 3.02. The largest absolute Gasteiger partial charge is 0.411 e. The maximum Gasteiger partial charge on any atom is 0.0827 e. The van der Waals surface area contributed by atoms with Crippen molar-refractivity contribution in [2.75, 3.05) is 0 Å². The Balaban J connectivity index is 2.30. The molecule has 1 atom stereocenters. The van der Waals surface area contributed by atoms with Crippen molar-refractivity contribution in [2.45, 2.75) is 25.7 Å². The van der Waals surface area contributed by atoms with Gasteiger partial charge in [-0.1, -0.05) is 11.2 Å². The van der Waals surface area contributed by atoms with Gasteiger partial charge in [-0.25, -0.2) is 0 Å². The first-order valence-electron chi connectivity index (χ1n) is 3.83. The van der Waals surface area contributed by atoms with Gasteiger partial charge in [0.25, 0.3) is 0 Å². The van der Waals surface area contributed by atoms with Crippen molar-refractivity contribution < 1.29 is 5.21 Å². The van der Waals surface area contributed by atoms with Crippen LogP contribution in [0.3, 0.4) is 0 Å². The summed E-state index contributed by atoms with van der Waals surface area (Å²) in [5.74, 6) is 0.728. The molecule has 0 heterocycles. The summed E-state index contributed by atoms with van der Waals surface area (Å²) in [6.45, 7) is 0. The van der Waals surface area contributed by atoms with Crippen molar-refractivity contribution >= 4 is 5.71 Å². The summed E-state index contributed by atoms with van der Waals surface area (Å²) >= 11 is 0. The quantitative estimate of drug-likeness (QED) is 0.401. The molecule has 0 aromatic carbocycles. The monoisotopic (exact) mass is 137 g/mol. The van der Waals surface area contributed by atoms with E-state index in [1.54, 1.807) is 0 Å². The molecule has 0 spiro atoms. The van der Waals surface area contributed by atoms with Crippen LogP contribution in [0.15, 0.2) is 16.8 Å². The van der Waals surface area contributed by atoms with E-state index in [4.69, 9.17) is 5.21 Å². The highest BCUT2D eigenvalue weighted by atomic mass is 16.4. The molecule has 0 aromatic rings. The molecule has 0 aliphatic heterocycles. The van der Waals surface area contributed by atoms with E-state index in [1.165, 1.54) is 24.8 Å². The van der Waals surface area contributed by atoms with Crippen LogP contribution >= 0.6 is 0 Å². The van der Waals surface area contributed by atoms with Crippen LogP contribution in [0.25, 0.3) is 0 Å². The van der Waals surface area contributed by atoms with Crippen LogP contribution in [0.2, 0.25) is 0 Å². The minimum absolute atomic E-state index is 0.728. The molecule has 0 saturated heterocycles. The predicted molar refractivity (Wildman–Crippen MR) is 39.3 cm³/mol. The van der Waals surface area contributed by atoms with Gasteiger partial charge in [-0.2, -0.15) is 0 Å². The molecule has 0 aromatic heterocycles. The van der Waals surface area contributed by atoms with Crippen molar-refractivity contribution in [2.24, 2.45) is 11.1 Å². The summed E-state index contributed by atoms with van der Waals surface area (Å²) in [5, 5.41) is 11.8. The van der Waals surface area contributed by atoms with Gasteiger partial charge in [-0.15, -0.1) is 0 Å². The van der Waals surface area contributed by atoms with Crippen molar-refractivity contribution in [1.29, 1.82) is 0 Å². The lowest BCUT2D eigenvalue weighted by Crippen LogP contribution is -1.95. The minimum atomic E-state index is 0.728. The van der Waals surface area contributed by atoms with E-state index in [0.717, 1.165) is 18.1 Å². The van der Waals surface area contributed by atoms with Crippen LogP contribution in [-0.2, 0) is 0 Å². The summed E-state index contributed by atoms with van der Waals surface area (Å²) in [5.41, 5.74) is 2.25. The van der Waals surface area contributed by atoms with Gasteiger partial charge in [0, 0.05) is 0 Å². The fourth-order valence-electron chi connectivity index (χ4n) is 1.98. The first-order valence-corrected chi connectivity index (χ1v) is 3.83. The van der Waals surface area contributed by atoms with Crippen LogP contribution in [0.5, 0.6) is 0 Å². The Bertz CT molecular complexity index is 205. The molecule has 0 bridgehead atoms. The number of fused-ring (bicyclic) bond motifs is 1. The minimum Gasteiger partial charge on any atom is -0.411 e. The maximum atomic E-state index is 8.56. The first-order chi connectivity index (χ1) is 4.92. The molecule has 0 amide bonds. The molecule has 1 unspecified atom stereocenters. The predicted octanol–water partition coefficient (Wildman–Crippen LogP) is 1.95. The van der Waals surface area contributed by atoms with Gasteiger partial charge >= 0.3 is 0 Å². The van der Waals surface area contributed by atoms with Crippen molar-refractivity contribution in [1.82, 2.24) is 0 Å². The SMILES string of the molecule is O/N=C1\CCC2CCC=C12. The van der Waals surface area contributed by atoms with E-state index >= 15 is 0 Å². The number of oxime groups is 1. The van der Waals surface area contributed by atoms with Crippen LogP contribution in [0.1, 0.15) is 25.7 Å². The van der Waals surface area contributed by atoms with Crippen LogP contribution in [0.4, 0.5) is 0 Å². The number of hydrogen-bond acceptors (Lipinski definition) is 2. The van der Waals surface area contributed by atoms with E-state index in [9.17, 15) is 0 Å². The first kappa shape index (κ1) is 5.96. The third-order valence-corrected chi connectivity index (χ3v) is 2.50. The lowest BCUT2D eigenvalue weighted by atomic mass is 10.1. The Morgan fingerprint density at radius 2 is 2.40 bits per heavy atom. The number of nitrogens with zero attached hydrogens (tertiary/aromatic N) is 1. The van der Waals surface area contributed by atoms with Gasteiger partial charge in [-0.05, 0) is 37.2 Å². The zero-order valence-electron chi connectivity index (χ0n) is 5.88. The normalized spacial score (nSPS) is 34.6. The smallest absolute Gasteiger partial charge is 0.0827 e. The molecule has 54 valence electrons. The Kier molecular flexibility index (Phi) is 1.26. The molecule has 1 N–H and O–H groups in total. The molecule has 2 aliphatic rings. The Labute approximate surface area is 60.2 Å². The highest BCUT2D eigenvalue weighted by Gasteiger charge is 2.29. The molecule has 2 heteroatoms. The second-order valence-electron chi connectivity index (χ2n) is 3.02. The fourth-order valence-corrected chi connectivity index (χ4v) is 1.98. The third-order valence-electron chi connectivity index (χ3n) is 2.50. The topological polar surface area (TPSA) is 32.6 Å². The zero-order valence-corrected chi connectivity index (χ0v) is 5.88. The average molecular weight is 137 g/mol. The number of allylic oxidation sites excluding steroid dienone is 2. The van der Waals surface area contributed by atoms with Crippen molar-refractivity contribution in [3.8, 4) is 0 Å². The summed E-state index contributed by atoms with van der Waals surface area (Å²) in [6, 6.07) is 0. The van der Waals surface area contributed by atoms with Gasteiger partial charge in [0.15, 0.2) is 0 Å². The van der Waals surface area contributed by atoms with E-state index < -0.39 is 0 Å². The fraction of sp³-hybridized carbons (Fsp3) is 0.625. The molecular formula is C8H11NO. The molecule has 10 heavy (non-hydrogen) atoms. The van der Waals surface area contributed by atoms with E-state index in [-0.39, 0.29) is 0 Å². The summed E-state index contributed by atoms with van der Waals surface area (Å²) in [7, 11) is 0. The molecular weight excluding hydrogens is 126 g/mol. The Morgan fingerprint density at radius 3 is 3.20 bits per heavy atom. The zero-order chi connectivity index (χ0) is 6.97. The van der Waals surface area contributed by atoms with Gasteiger partial charge < -0.3 is 5.21 Å². The molecule has 2 rings (SSSR count). The molecule has 0 radical (unpaired) electrons. The van der Waals surface area contributed by atoms with E-state index in [0.29, 0.717) is 0 Å². The summed E-state index contributed by atoms with van der Waals surface area (Å²) in [6.07, 6.45) is 6.85. The van der Waals surface area contributed by atoms with Crippen LogP contribution < -0.4 is 0 Å². The lowest BCUT2D eigenvalue weighted by molar-refractivity contribution is 0.318. The second kappa shape index (κ2) is 2.11. The van der Waals surface area contributed by atoms with Crippen LogP contribution in [0, 0.1) is 5.92 Å². The Morgan fingerprint density at radius 1 is 1.50 bits per heavy atom. The highest BCUT2D eigenvalue weighted by Crippen LogP contribution is 2.37. The van der Waals surface area contributed by atoms with Gasteiger partial charge in [0.05, 0.1) is 5.71 Å².